The topological polar surface area (TPSA) is 98.0 Å². The Kier molecular flexibility index (Phi) is 5.91. The van der Waals surface area contributed by atoms with Crippen molar-refractivity contribution in [2.75, 3.05) is 11.1 Å². The second-order valence-electron chi connectivity index (χ2n) is 4.64. The van der Waals surface area contributed by atoms with Gasteiger partial charge >= 0.3 is 6.18 Å². The second-order valence-corrected chi connectivity index (χ2v) is 5.71. The normalized spacial score (nSPS) is 11.2. The molecule has 1 N–H and O–H groups in total. The molecule has 0 aliphatic heterocycles. The Bertz CT molecular complexity index is 786. The number of amides is 1. The van der Waals surface area contributed by atoms with Crippen LogP contribution in [0.2, 0.25) is 0 Å². The van der Waals surface area contributed by atoms with Crippen molar-refractivity contribution >= 4 is 29.0 Å². The fraction of sp³-hybridized carbons (Fsp3) is 0.214. The number of nitrogens with zero attached hydrogens (tertiary/aromatic N) is 3. The van der Waals surface area contributed by atoms with Crippen molar-refractivity contribution < 1.29 is 22.9 Å². The SMILES string of the molecule is O=C(CCSc1nccc(C(F)(F)F)n1)Nc1ccccc1[N+](=O)[O-]. The van der Waals surface area contributed by atoms with Gasteiger partial charge in [0.15, 0.2) is 5.16 Å². The number of nitro groups is 1. The Balaban J connectivity index is 1.90. The molecule has 1 heterocycles. The molecule has 0 aliphatic carbocycles. The molecular formula is C14H11F3N4O3S. The van der Waals surface area contributed by atoms with Gasteiger partial charge in [-0.05, 0) is 12.1 Å². The van der Waals surface area contributed by atoms with E-state index in [1.165, 1.54) is 24.3 Å². The van der Waals surface area contributed by atoms with Crippen molar-refractivity contribution in [2.45, 2.75) is 17.8 Å². The first-order chi connectivity index (χ1) is 11.8. The Hall–Kier alpha value is -2.69. The highest BCUT2D eigenvalue weighted by Gasteiger charge is 2.32. The number of para-hydroxylation sites is 2. The summed E-state index contributed by atoms with van der Waals surface area (Å²) in [7, 11) is 0. The van der Waals surface area contributed by atoms with E-state index in [0.717, 1.165) is 24.0 Å². The van der Waals surface area contributed by atoms with Gasteiger partial charge in [-0.2, -0.15) is 13.2 Å². The number of thioether (sulfide) groups is 1. The fourth-order valence-corrected chi connectivity index (χ4v) is 2.52. The van der Waals surface area contributed by atoms with Crippen molar-refractivity contribution in [3.05, 3.63) is 52.3 Å². The summed E-state index contributed by atoms with van der Waals surface area (Å²) < 4.78 is 37.6. The third-order valence-electron chi connectivity index (χ3n) is 2.86. The van der Waals surface area contributed by atoms with Crippen LogP contribution in [0.1, 0.15) is 12.1 Å². The molecule has 7 nitrogen and oxygen atoms in total. The van der Waals surface area contributed by atoms with Crippen molar-refractivity contribution in [3.8, 4) is 0 Å². The molecular weight excluding hydrogens is 361 g/mol. The lowest BCUT2D eigenvalue weighted by Gasteiger charge is -2.07. The van der Waals surface area contributed by atoms with Crippen molar-refractivity contribution in [2.24, 2.45) is 0 Å². The third-order valence-corrected chi connectivity index (χ3v) is 3.72. The minimum Gasteiger partial charge on any atom is -0.320 e. The zero-order valence-electron chi connectivity index (χ0n) is 12.5. The number of hydrogen-bond donors (Lipinski definition) is 1. The molecule has 0 saturated carbocycles. The van der Waals surface area contributed by atoms with Crippen molar-refractivity contribution in [3.63, 3.8) is 0 Å². The average Bonchev–Trinajstić information content (AvgIpc) is 2.54. The van der Waals surface area contributed by atoms with Gasteiger partial charge in [-0.3, -0.25) is 14.9 Å². The zero-order chi connectivity index (χ0) is 18.4. The Morgan fingerprint density at radius 3 is 2.68 bits per heavy atom. The Morgan fingerprint density at radius 1 is 1.28 bits per heavy atom. The molecule has 0 radical (unpaired) electrons. The van der Waals surface area contributed by atoms with Crippen LogP contribution in [0.4, 0.5) is 24.5 Å². The molecule has 0 bridgehead atoms. The molecule has 0 fully saturated rings. The summed E-state index contributed by atoms with van der Waals surface area (Å²) in [6.45, 7) is 0. The highest BCUT2D eigenvalue weighted by atomic mass is 32.2. The van der Waals surface area contributed by atoms with Crippen molar-refractivity contribution in [1.82, 2.24) is 9.97 Å². The minimum atomic E-state index is -4.57. The summed E-state index contributed by atoms with van der Waals surface area (Å²) in [5.74, 6) is -0.387. The molecule has 0 atom stereocenters. The molecule has 11 heteroatoms. The summed E-state index contributed by atoms with van der Waals surface area (Å²) in [6.07, 6.45) is -3.65. The number of halogens is 3. The molecule has 1 aromatic carbocycles. The zero-order valence-corrected chi connectivity index (χ0v) is 13.3. The number of nitrogens with one attached hydrogen (secondary N) is 1. The van der Waals surface area contributed by atoms with E-state index in [-0.39, 0.29) is 28.7 Å². The van der Waals surface area contributed by atoms with E-state index in [9.17, 15) is 28.1 Å². The van der Waals surface area contributed by atoms with Crippen LogP contribution in [-0.4, -0.2) is 26.6 Å². The summed E-state index contributed by atoms with van der Waals surface area (Å²) in [5.41, 5.74) is -1.25. The molecule has 1 amide bonds. The largest absolute Gasteiger partial charge is 0.433 e. The van der Waals surface area contributed by atoms with E-state index in [1.807, 2.05) is 0 Å². The maximum Gasteiger partial charge on any atom is 0.433 e. The van der Waals surface area contributed by atoms with Gasteiger partial charge in [-0.15, -0.1) is 0 Å². The van der Waals surface area contributed by atoms with Crippen molar-refractivity contribution in [1.29, 1.82) is 0 Å². The van der Waals surface area contributed by atoms with Gasteiger partial charge in [0.25, 0.3) is 5.69 Å². The summed E-state index contributed by atoms with van der Waals surface area (Å²) in [6, 6.07) is 6.40. The Morgan fingerprint density at radius 2 is 2.00 bits per heavy atom. The number of aromatic nitrogens is 2. The molecule has 132 valence electrons. The first-order valence-electron chi connectivity index (χ1n) is 6.83. The lowest BCUT2D eigenvalue weighted by Crippen LogP contribution is -2.13. The molecule has 2 rings (SSSR count). The smallest absolute Gasteiger partial charge is 0.320 e. The average molecular weight is 372 g/mol. The standard InChI is InChI=1S/C14H11F3N4O3S/c15-14(16,17)11-5-7-18-13(20-11)25-8-6-12(22)19-9-3-1-2-4-10(9)21(23)24/h1-5,7H,6,8H2,(H,19,22). The molecule has 1 aromatic heterocycles. The van der Waals surface area contributed by atoms with E-state index < -0.39 is 22.7 Å². The number of carbonyl (C=O) groups is 1. The van der Waals surface area contributed by atoms with E-state index in [4.69, 9.17) is 0 Å². The van der Waals surface area contributed by atoms with Gasteiger partial charge in [-0.1, -0.05) is 23.9 Å². The van der Waals surface area contributed by atoms with Crippen LogP contribution >= 0.6 is 11.8 Å². The van der Waals surface area contributed by atoms with Crippen LogP contribution in [0, 0.1) is 10.1 Å². The number of alkyl halides is 3. The summed E-state index contributed by atoms with van der Waals surface area (Å²) >= 11 is 0.883. The Labute approximate surface area is 143 Å². The number of rotatable bonds is 6. The molecule has 0 saturated heterocycles. The maximum atomic E-state index is 12.5. The second kappa shape index (κ2) is 7.92. The summed E-state index contributed by atoms with van der Waals surface area (Å²) in [4.78, 5) is 29.1. The number of benzene rings is 1. The predicted molar refractivity (Wildman–Crippen MR) is 84.1 cm³/mol. The lowest BCUT2D eigenvalue weighted by atomic mass is 10.2. The van der Waals surface area contributed by atoms with Crippen LogP contribution in [0.5, 0.6) is 0 Å². The van der Waals surface area contributed by atoms with Gasteiger partial charge in [0, 0.05) is 24.4 Å². The molecule has 0 unspecified atom stereocenters. The highest BCUT2D eigenvalue weighted by molar-refractivity contribution is 7.99. The highest BCUT2D eigenvalue weighted by Crippen LogP contribution is 2.28. The van der Waals surface area contributed by atoms with E-state index in [0.29, 0.717) is 0 Å². The first kappa shape index (κ1) is 18.6. The number of nitro benzene ring substituents is 1. The van der Waals surface area contributed by atoms with Gasteiger partial charge in [-0.25, -0.2) is 9.97 Å². The fourth-order valence-electron chi connectivity index (χ4n) is 1.75. The van der Waals surface area contributed by atoms with Crippen LogP contribution in [0.3, 0.4) is 0 Å². The number of carbonyl (C=O) groups excluding carboxylic acids is 1. The van der Waals surface area contributed by atoms with Gasteiger partial charge in [0.1, 0.15) is 11.4 Å². The van der Waals surface area contributed by atoms with Gasteiger partial charge in [0.2, 0.25) is 5.91 Å². The number of hydrogen-bond acceptors (Lipinski definition) is 6. The van der Waals surface area contributed by atoms with Crippen LogP contribution in [0.25, 0.3) is 0 Å². The first-order valence-corrected chi connectivity index (χ1v) is 7.82. The van der Waals surface area contributed by atoms with E-state index in [1.54, 1.807) is 0 Å². The van der Waals surface area contributed by atoms with Crippen LogP contribution in [-0.2, 0) is 11.0 Å². The quantitative estimate of drug-likeness (QED) is 0.361. The molecule has 25 heavy (non-hydrogen) atoms. The van der Waals surface area contributed by atoms with Gasteiger partial charge < -0.3 is 5.32 Å². The monoisotopic (exact) mass is 372 g/mol. The summed E-state index contributed by atoms with van der Waals surface area (Å²) in [5, 5.41) is 13.2. The third kappa shape index (κ3) is 5.41. The van der Waals surface area contributed by atoms with Crippen LogP contribution < -0.4 is 5.32 Å². The van der Waals surface area contributed by atoms with E-state index in [2.05, 4.69) is 15.3 Å². The van der Waals surface area contributed by atoms with Crippen LogP contribution in [0.15, 0.2) is 41.7 Å². The lowest BCUT2D eigenvalue weighted by molar-refractivity contribution is -0.383. The van der Waals surface area contributed by atoms with Gasteiger partial charge in [0.05, 0.1) is 4.92 Å². The molecule has 2 aromatic rings. The number of anilines is 1. The molecule has 0 spiro atoms. The maximum absolute atomic E-state index is 12.5. The molecule has 0 aliphatic rings. The minimum absolute atomic E-state index is 0.0535. The predicted octanol–water partition coefficient (Wildman–Crippen LogP) is 3.52. The van der Waals surface area contributed by atoms with E-state index >= 15 is 0 Å².